The van der Waals surface area contributed by atoms with Crippen molar-refractivity contribution in [3.05, 3.63) is 72.8 Å². The van der Waals surface area contributed by atoms with Gasteiger partial charge < -0.3 is 14.2 Å². The summed E-state index contributed by atoms with van der Waals surface area (Å²) in [6.45, 7) is -9.38. The minimum Gasteiger partial charge on any atom is -0.497 e. The van der Waals surface area contributed by atoms with Crippen LogP contribution in [0.4, 0.5) is 0 Å². The van der Waals surface area contributed by atoms with E-state index >= 15 is 0 Å². The summed E-state index contributed by atoms with van der Waals surface area (Å²) in [7, 11) is 4.80. The van der Waals surface area contributed by atoms with E-state index < -0.39 is 19.5 Å². The van der Waals surface area contributed by atoms with Gasteiger partial charge in [-0.2, -0.15) is 0 Å². The van der Waals surface area contributed by atoms with Crippen molar-refractivity contribution in [1.82, 2.24) is 0 Å². The van der Waals surface area contributed by atoms with Gasteiger partial charge in [-0.05, 0) is 108 Å². The van der Waals surface area contributed by atoms with Gasteiger partial charge in [0.2, 0.25) is 19.5 Å². The molecule has 1 aliphatic rings. The molecule has 6 nitrogen and oxygen atoms in total. The van der Waals surface area contributed by atoms with E-state index in [9.17, 15) is 0 Å². The van der Waals surface area contributed by atoms with E-state index in [-0.39, 0.29) is 0 Å². The zero-order valence-corrected chi connectivity index (χ0v) is 23.1. The highest BCUT2D eigenvalue weighted by molar-refractivity contribution is 8.28. The molecule has 3 aromatic carbocycles. The Hall–Kier alpha value is -1.11. The lowest BCUT2D eigenvalue weighted by Gasteiger charge is -2.41. The van der Waals surface area contributed by atoms with Crippen LogP contribution < -0.4 is 30.1 Å². The number of hydrogen-bond acceptors (Lipinski definition) is 9. The van der Waals surface area contributed by atoms with E-state index in [4.69, 9.17) is 62.6 Å². The third kappa shape index (κ3) is 5.13. The highest BCUT2D eigenvalue weighted by atomic mass is 32.5. The molecule has 1 saturated heterocycles. The maximum absolute atomic E-state index is 6.40. The van der Waals surface area contributed by atoms with Crippen LogP contribution in [0.25, 0.3) is 0 Å². The van der Waals surface area contributed by atoms with Crippen molar-refractivity contribution in [3.8, 4) is 17.2 Å². The van der Waals surface area contributed by atoms with Gasteiger partial charge in [0.05, 0.1) is 21.3 Å². The van der Waals surface area contributed by atoms with Gasteiger partial charge in [-0.1, -0.05) is 0 Å². The van der Waals surface area contributed by atoms with Gasteiger partial charge in [0.15, 0.2) is 0 Å². The van der Waals surface area contributed by atoms with E-state index in [0.717, 1.165) is 0 Å². The predicted octanol–water partition coefficient (Wildman–Crippen LogP) is 4.98. The fourth-order valence-electron chi connectivity index (χ4n) is 3.05. The highest BCUT2D eigenvalue weighted by Gasteiger charge is 2.47. The third-order valence-corrected chi connectivity index (χ3v) is 18.3. The lowest BCUT2D eigenvalue weighted by atomic mass is 10.3. The van der Waals surface area contributed by atoms with Gasteiger partial charge in [0.25, 0.3) is 0 Å². The topological polar surface area (TPSA) is 55.4 Å². The van der Waals surface area contributed by atoms with Crippen LogP contribution in [0.5, 0.6) is 17.2 Å². The number of rotatable bonds is 6. The SMILES string of the molecule is COc1ccc(P2(=S)OP(=S)(c3ccc(OC)cc3)OP(=S)(c3ccc(OC)cc3)O2)cc1. The number of ether oxygens (including phenoxy) is 3. The lowest BCUT2D eigenvalue weighted by Crippen LogP contribution is -2.22. The summed E-state index contributed by atoms with van der Waals surface area (Å²) < 4.78 is 35.0. The van der Waals surface area contributed by atoms with Crippen LogP contribution in [-0.4, -0.2) is 21.3 Å². The average molecular weight is 559 g/mol. The molecule has 0 radical (unpaired) electrons. The molecule has 0 atom stereocenters. The van der Waals surface area contributed by atoms with Crippen molar-refractivity contribution in [3.63, 3.8) is 0 Å². The van der Waals surface area contributed by atoms with Crippen molar-refractivity contribution in [2.24, 2.45) is 0 Å². The summed E-state index contributed by atoms with van der Waals surface area (Å²) in [5.41, 5.74) is 0. The van der Waals surface area contributed by atoms with Crippen LogP contribution in [0.15, 0.2) is 72.8 Å². The van der Waals surface area contributed by atoms with E-state index in [1.165, 1.54) is 0 Å². The molecular weight excluding hydrogens is 537 g/mol. The Kier molecular flexibility index (Phi) is 7.47. The van der Waals surface area contributed by atoms with Crippen LogP contribution in [-0.2, 0) is 48.4 Å². The summed E-state index contributed by atoms with van der Waals surface area (Å²) in [5.74, 6) is 2.08. The number of hydrogen-bond donors (Lipinski definition) is 0. The van der Waals surface area contributed by atoms with Crippen LogP contribution in [0.2, 0.25) is 0 Å². The molecule has 0 spiro atoms. The minimum atomic E-state index is -3.13. The molecule has 33 heavy (non-hydrogen) atoms. The molecule has 12 heteroatoms. The van der Waals surface area contributed by atoms with Gasteiger partial charge in [-0.3, -0.25) is 12.9 Å². The second kappa shape index (κ2) is 9.87. The van der Waals surface area contributed by atoms with E-state index in [0.29, 0.717) is 33.2 Å². The molecule has 1 aliphatic heterocycles. The first kappa shape index (κ1) is 25.0. The second-order valence-corrected chi connectivity index (χ2v) is 17.7. The van der Waals surface area contributed by atoms with Crippen molar-refractivity contribution < 1.29 is 27.1 Å². The highest BCUT2D eigenvalue weighted by Crippen LogP contribution is 2.81. The van der Waals surface area contributed by atoms with Gasteiger partial charge in [-0.25, -0.2) is 0 Å². The first-order valence-electron chi connectivity index (χ1n) is 9.62. The smallest absolute Gasteiger partial charge is 0.231 e. The molecule has 4 rings (SSSR count). The molecule has 0 unspecified atom stereocenters. The fourth-order valence-corrected chi connectivity index (χ4v) is 18.7. The van der Waals surface area contributed by atoms with Gasteiger partial charge in [-0.15, -0.1) is 0 Å². The molecule has 1 heterocycles. The summed E-state index contributed by atoms with van der Waals surface area (Å²) in [4.78, 5) is 0. The maximum atomic E-state index is 6.40. The van der Waals surface area contributed by atoms with Crippen molar-refractivity contribution in [1.29, 1.82) is 0 Å². The van der Waals surface area contributed by atoms with E-state index in [2.05, 4.69) is 0 Å². The molecule has 1 fully saturated rings. The first-order chi connectivity index (χ1) is 15.7. The van der Waals surface area contributed by atoms with E-state index in [1.807, 2.05) is 36.4 Å². The Morgan fingerprint density at radius 3 is 0.848 bits per heavy atom. The van der Waals surface area contributed by atoms with E-state index in [1.54, 1.807) is 57.7 Å². The van der Waals surface area contributed by atoms with Crippen LogP contribution in [0.3, 0.4) is 0 Å². The number of methoxy groups -OCH3 is 3. The molecule has 3 aromatic rings. The summed E-state index contributed by atoms with van der Waals surface area (Å²) >= 11 is 18.0. The Balaban J connectivity index is 1.84. The van der Waals surface area contributed by atoms with Crippen LogP contribution >= 0.6 is 19.5 Å². The quantitative estimate of drug-likeness (QED) is 0.390. The minimum absolute atomic E-state index is 0.687. The maximum Gasteiger partial charge on any atom is 0.231 e. The van der Waals surface area contributed by atoms with Gasteiger partial charge in [0.1, 0.15) is 17.2 Å². The molecular formula is C21H21O6P3S3. The number of benzene rings is 3. The molecule has 0 amide bonds. The average Bonchev–Trinajstić information content (AvgIpc) is 2.83. The monoisotopic (exact) mass is 558 g/mol. The Morgan fingerprint density at radius 1 is 0.455 bits per heavy atom. The van der Waals surface area contributed by atoms with Crippen molar-refractivity contribution >= 4 is 70.8 Å². The lowest BCUT2D eigenvalue weighted by molar-refractivity contribution is 0.414. The molecule has 0 saturated carbocycles. The van der Waals surface area contributed by atoms with Crippen LogP contribution in [0, 0.1) is 0 Å². The zero-order chi connectivity index (χ0) is 23.7. The molecule has 174 valence electrons. The fraction of sp³-hybridized carbons (Fsp3) is 0.143. The predicted molar refractivity (Wildman–Crippen MR) is 144 cm³/mol. The molecule has 0 N–H and O–H groups in total. The Bertz CT molecular complexity index is 1100. The van der Waals surface area contributed by atoms with Crippen molar-refractivity contribution in [2.45, 2.75) is 0 Å². The molecule has 0 aromatic heterocycles. The summed E-state index contributed by atoms with van der Waals surface area (Å²) in [6, 6.07) is 21.8. The first-order valence-corrected chi connectivity index (χ1v) is 17.5. The van der Waals surface area contributed by atoms with Gasteiger partial charge >= 0.3 is 0 Å². The zero-order valence-electron chi connectivity index (χ0n) is 17.9. The van der Waals surface area contributed by atoms with Gasteiger partial charge in [0, 0.05) is 15.9 Å². The third-order valence-electron chi connectivity index (χ3n) is 4.81. The standard InChI is InChI=1S/C21H21O6P3S3/c1-22-16-4-10-19(11-5-16)28(31)25-29(32,20-12-6-17(23-2)7-13-20)27-30(33,26-28)21-14-8-18(24-3)9-15-21/h4-15H,1-3H3. The largest absolute Gasteiger partial charge is 0.497 e. The summed E-state index contributed by atoms with van der Waals surface area (Å²) in [5, 5.41) is 2.06. The second-order valence-electron chi connectivity index (χ2n) is 6.83. The molecule has 0 aliphatic carbocycles. The summed E-state index contributed by atoms with van der Waals surface area (Å²) in [6.07, 6.45) is 0. The Labute approximate surface area is 208 Å². The molecule has 0 bridgehead atoms. The van der Waals surface area contributed by atoms with Crippen LogP contribution in [0.1, 0.15) is 0 Å². The normalized spacial score (nSPS) is 27.0. The Morgan fingerprint density at radius 2 is 0.667 bits per heavy atom. The van der Waals surface area contributed by atoms with Crippen molar-refractivity contribution in [2.75, 3.05) is 21.3 Å².